The molecule has 0 saturated heterocycles. The minimum Gasteiger partial charge on any atom is -0.396 e. The SMILES string of the molecule is OCC1CC2CC(C2)CC1CO. The van der Waals surface area contributed by atoms with E-state index in [4.69, 9.17) is 10.2 Å². The van der Waals surface area contributed by atoms with Crippen LogP contribution in [0.5, 0.6) is 0 Å². The molecule has 2 bridgehead atoms. The number of fused-ring (bicyclic) bond motifs is 3. The molecule has 0 heterocycles. The van der Waals surface area contributed by atoms with Crippen molar-refractivity contribution >= 4 is 0 Å². The summed E-state index contributed by atoms with van der Waals surface area (Å²) in [5.41, 5.74) is 0. The molecule has 2 unspecified atom stereocenters. The van der Waals surface area contributed by atoms with Gasteiger partial charge in [0, 0.05) is 13.2 Å². The van der Waals surface area contributed by atoms with Crippen molar-refractivity contribution in [2.45, 2.75) is 25.7 Å². The molecule has 2 atom stereocenters. The Bertz CT molecular complexity index is 136. The van der Waals surface area contributed by atoms with Crippen LogP contribution < -0.4 is 0 Å². The van der Waals surface area contributed by atoms with E-state index >= 15 is 0 Å². The average molecular weight is 170 g/mol. The van der Waals surface area contributed by atoms with Gasteiger partial charge in [0.25, 0.3) is 0 Å². The Hall–Kier alpha value is -0.0800. The molecule has 2 nitrogen and oxygen atoms in total. The third kappa shape index (κ3) is 1.38. The summed E-state index contributed by atoms with van der Waals surface area (Å²) in [4.78, 5) is 0. The molecule has 0 spiro atoms. The molecular weight excluding hydrogens is 152 g/mol. The third-order valence-corrected chi connectivity index (χ3v) is 3.74. The van der Waals surface area contributed by atoms with Crippen molar-refractivity contribution in [3.63, 3.8) is 0 Å². The lowest BCUT2D eigenvalue weighted by molar-refractivity contribution is 0.113. The maximum Gasteiger partial charge on any atom is 0.0462 e. The van der Waals surface area contributed by atoms with E-state index in [0.29, 0.717) is 11.8 Å². The Morgan fingerprint density at radius 3 is 1.50 bits per heavy atom. The molecule has 3 rings (SSSR count). The summed E-state index contributed by atoms with van der Waals surface area (Å²) in [6, 6.07) is 0. The molecule has 2 N–H and O–H groups in total. The lowest BCUT2D eigenvalue weighted by Crippen LogP contribution is -2.21. The average Bonchev–Trinajstić information content (AvgIpc) is 2.29. The second-order valence-corrected chi connectivity index (χ2v) is 4.56. The molecule has 3 aliphatic rings. The zero-order chi connectivity index (χ0) is 8.55. The highest BCUT2D eigenvalue weighted by Gasteiger charge is 2.39. The van der Waals surface area contributed by atoms with Crippen LogP contribution in [0.15, 0.2) is 0 Å². The first-order valence-electron chi connectivity index (χ1n) is 5.05. The van der Waals surface area contributed by atoms with Crippen molar-refractivity contribution in [2.24, 2.45) is 23.7 Å². The molecule has 12 heavy (non-hydrogen) atoms. The molecule has 0 aromatic heterocycles. The molecule has 0 aromatic rings. The Labute approximate surface area is 73.6 Å². The van der Waals surface area contributed by atoms with Crippen LogP contribution in [-0.2, 0) is 0 Å². The number of rotatable bonds is 2. The van der Waals surface area contributed by atoms with Gasteiger partial charge in [-0.15, -0.1) is 0 Å². The first-order valence-corrected chi connectivity index (χ1v) is 5.05. The second-order valence-electron chi connectivity index (χ2n) is 4.56. The normalized spacial score (nSPS) is 46.5. The lowest BCUT2D eigenvalue weighted by Gasteiger charge is -2.32. The topological polar surface area (TPSA) is 40.5 Å². The van der Waals surface area contributed by atoms with Crippen LogP contribution >= 0.6 is 0 Å². The van der Waals surface area contributed by atoms with E-state index in [-0.39, 0.29) is 13.2 Å². The van der Waals surface area contributed by atoms with E-state index < -0.39 is 0 Å². The van der Waals surface area contributed by atoms with Crippen LogP contribution in [0.1, 0.15) is 25.7 Å². The van der Waals surface area contributed by atoms with Crippen LogP contribution in [0.2, 0.25) is 0 Å². The summed E-state index contributed by atoms with van der Waals surface area (Å²) in [6.07, 6.45) is 5.01. The fourth-order valence-corrected chi connectivity index (χ4v) is 2.95. The summed E-state index contributed by atoms with van der Waals surface area (Å²) < 4.78 is 0. The maximum absolute atomic E-state index is 9.14. The van der Waals surface area contributed by atoms with Gasteiger partial charge in [-0.25, -0.2) is 0 Å². The van der Waals surface area contributed by atoms with Gasteiger partial charge in [0.15, 0.2) is 0 Å². The predicted octanol–water partition coefficient (Wildman–Crippen LogP) is 1.02. The van der Waals surface area contributed by atoms with Gasteiger partial charge >= 0.3 is 0 Å². The quantitative estimate of drug-likeness (QED) is 0.649. The molecule has 3 aliphatic carbocycles. The summed E-state index contributed by atoms with van der Waals surface area (Å²) in [7, 11) is 0. The van der Waals surface area contributed by atoms with Gasteiger partial charge in [0.05, 0.1) is 0 Å². The molecule has 2 heteroatoms. The number of aliphatic hydroxyl groups is 2. The van der Waals surface area contributed by atoms with Gasteiger partial charge < -0.3 is 10.2 Å². The summed E-state index contributed by atoms with van der Waals surface area (Å²) in [5.74, 6) is 2.49. The maximum atomic E-state index is 9.14. The Morgan fingerprint density at radius 1 is 0.750 bits per heavy atom. The molecule has 70 valence electrons. The van der Waals surface area contributed by atoms with E-state index in [1.807, 2.05) is 0 Å². The molecule has 0 radical (unpaired) electrons. The van der Waals surface area contributed by atoms with Gasteiger partial charge in [0.2, 0.25) is 0 Å². The minimum atomic E-state index is 0.272. The summed E-state index contributed by atoms with van der Waals surface area (Å²) in [6.45, 7) is 0.545. The van der Waals surface area contributed by atoms with Gasteiger partial charge in [-0.1, -0.05) is 0 Å². The van der Waals surface area contributed by atoms with E-state index in [1.54, 1.807) is 0 Å². The van der Waals surface area contributed by atoms with E-state index in [2.05, 4.69) is 0 Å². The predicted molar refractivity (Wildman–Crippen MR) is 46.6 cm³/mol. The van der Waals surface area contributed by atoms with Crippen LogP contribution in [0.3, 0.4) is 0 Å². The zero-order valence-electron chi connectivity index (χ0n) is 7.45. The Balaban J connectivity index is 2.00. The van der Waals surface area contributed by atoms with Gasteiger partial charge in [-0.05, 0) is 49.4 Å². The second kappa shape index (κ2) is 3.35. The molecule has 0 aromatic carbocycles. The standard InChI is InChI=1S/C10H18O2/c11-5-9-3-7-1-8(2-7)4-10(9)6-12/h7-12H,1-6H2. The number of aliphatic hydroxyl groups excluding tert-OH is 2. The molecule has 3 fully saturated rings. The van der Waals surface area contributed by atoms with Gasteiger partial charge in [-0.2, -0.15) is 0 Å². The molecule has 0 amide bonds. The minimum absolute atomic E-state index is 0.272. The first-order chi connectivity index (χ1) is 5.83. The molecular formula is C10H18O2. The van der Waals surface area contributed by atoms with Crippen molar-refractivity contribution in [2.75, 3.05) is 13.2 Å². The highest BCUT2D eigenvalue weighted by molar-refractivity contribution is 4.89. The highest BCUT2D eigenvalue weighted by atomic mass is 16.3. The fourth-order valence-electron chi connectivity index (χ4n) is 2.95. The lowest BCUT2D eigenvalue weighted by atomic mass is 9.74. The summed E-state index contributed by atoms with van der Waals surface area (Å²) >= 11 is 0. The van der Waals surface area contributed by atoms with E-state index in [1.165, 1.54) is 12.8 Å². The van der Waals surface area contributed by atoms with Crippen molar-refractivity contribution < 1.29 is 10.2 Å². The summed E-state index contributed by atoms with van der Waals surface area (Å²) in [5, 5.41) is 18.3. The largest absolute Gasteiger partial charge is 0.396 e. The van der Waals surface area contributed by atoms with Gasteiger partial charge in [-0.3, -0.25) is 0 Å². The molecule has 0 aliphatic heterocycles. The van der Waals surface area contributed by atoms with Crippen LogP contribution in [-0.4, -0.2) is 23.4 Å². The van der Waals surface area contributed by atoms with Gasteiger partial charge in [0.1, 0.15) is 0 Å². The van der Waals surface area contributed by atoms with Crippen molar-refractivity contribution in [3.8, 4) is 0 Å². The van der Waals surface area contributed by atoms with E-state index in [0.717, 1.165) is 24.7 Å². The highest BCUT2D eigenvalue weighted by Crippen LogP contribution is 2.47. The fraction of sp³-hybridized carbons (Fsp3) is 1.00. The smallest absolute Gasteiger partial charge is 0.0462 e. The number of hydrogen-bond donors (Lipinski definition) is 2. The third-order valence-electron chi connectivity index (χ3n) is 3.74. The zero-order valence-corrected chi connectivity index (χ0v) is 7.45. The first kappa shape index (κ1) is 8.52. The van der Waals surface area contributed by atoms with Crippen molar-refractivity contribution in [1.29, 1.82) is 0 Å². The van der Waals surface area contributed by atoms with Crippen molar-refractivity contribution in [1.82, 2.24) is 0 Å². The Kier molecular flexibility index (Phi) is 2.37. The monoisotopic (exact) mass is 170 g/mol. The van der Waals surface area contributed by atoms with Crippen LogP contribution in [0, 0.1) is 23.7 Å². The van der Waals surface area contributed by atoms with Crippen LogP contribution in [0.25, 0.3) is 0 Å². The van der Waals surface area contributed by atoms with E-state index in [9.17, 15) is 0 Å². The number of hydrogen-bond acceptors (Lipinski definition) is 2. The Morgan fingerprint density at radius 2 is 1.17 bits per heavy atom. The molecule has 3 saturated carbocycles. The van der Waals surface area contributed by atoms with Crippen LogP contribution in [0.4, 0.5) is 0 Å². The van der Waals surface area contributed by atoms with Crippen molar-refractivity contribution in [3.05, 3.63) is 0 Å².